The third-order valence-corrected chi connectivity index (χ3v) is 4.87. The Morgan fingerprint density at radius 1 is 1.25 bits per heavy atom. The number of piperidine rings is 1. The number of amides is 1. The number of carbonyl (C=O) groups excluding carboxylic acids is 1. The quantitative estimate of drug-likeness (QED) is 0.871. The third-order valence-electron chi connectivity index (χ3n) is 4.87. The molecule has 1 aliphatic rings. The molecule has 1 atom stereocenters. The van der Waals surface area contributed by atoms with E-state index in [1.807, 2.05) is 4.90 Å². The minimum atomic E-state index is -0.580. The van der Waals surface area contributed by atoms with Gasteiger partial charge in [-0.3, -0.25) is 4.79 Å². The highest BCUT2D eigenvalue weighted by Gasteiger charge is 2.28. The molecule has 0 spiro atoms. The lowest BCUT2D eigenvalue weighted by Gasteiger charge is -2.34. The largest absolute Gasteiger partial charge is 0.388 e. The van der Waals surface area contributed by atoms with Gasteiger partial charge in [0.2, 0.25) is 5.91 Å². The van der Waals surface area contributed by atoms with E-state index in [2.05, 4.69) is 20.8 Å². The molecular formula is C20H30FNO2. The first kappa shape index (κ1) is 18.9. The molecule has 0 bridgehead atoms. The lowest BCUT2D eigenvalue weighted by molar-refractivity contribution is -0.133. The van der Waals surface area contributed by atoms with E-state index in [-0.39, 0.29) is 23.1 Å². The smallest absolute Gasteiger partial charge is 0.222 e. The second-order valence-corrected chi connectivity index (χ2v) is 8.13. The van der Waals surface area contributed by atoms with Gasteiger partial charge in [-0.25, -0.2) is 4.39 Å². The number of hydrogen-bond donors (Lipinski definition) is 1. The first-order valence-electron chi connectivity index (χ1n) is 8.97. The van der Waals surface area contributed by atoms with Crippen LogP contribution in [0.15, 0.2) is 24.3 Å². The molecule has 1 amide bonds. The highest BCUT2D eigenvalue weighted by molar-refractivity contribution is 5.76. The summed E-state index contributed by atoms with van der Waals surface area (Å²) in [6.45, 7) is 7.99. The molecular weight excluding hydrogens is 305 g/mol. The molecule has 24 heavy (non-hydrogen) atoms. The summed E-state index contributed by atoms with van der Waals surface area (Å²) in [5, 5.41) is 10.5. The zero-order chi connectivity index (χ0) is 17.7. The van der Waals surface area contributed by atoms with E-state index in [0.29, 0.717) is 19.5 Å². The van der Waals surface area contributed by atoms with Gasteiger partial charge in [0.25, 0.3) is 0 Å². The minimum absolute atomic E-state index is 0.133. The van der Waals surface area contributed by atoms with Gasteiger partial charge in [-0.2, -0.15) is 0 Å². The van der Waals surface area contributed by atoms with Crippen LogP contribution in [0.1, 0.15) is 64.5 Å². The van der Waals surface area contributed by atoms with Gasteiger partial charge in [0.1, 0.15) is 5.82 Å². The molecule has 1 aromatic rings. The number of aliphatic hydroxyl groups excluding tert-OH is 1. The Morgan fingerprint density at radius 3 is 2.38 bits per heavy atom. The van der Waals surface area contributed by atoms with Crippen LogP contribution in [0.25, 0.3) is 0 Å². The maximum Gasteiger partial charge on any atom is 0.222 e. The second-order valence-electron chi connectivity index (χ2n) is 8.13. The van der Waals surface area contributed by atoms with Gasteiger partial charge in [0, 0.05) is 19.5 Å². The molecule has 1 N–H and O–H groups in total. The molecule has 1 unspecified atom stereocenters. The van der Waals surface area contributed by atoms with Gasteiger partial charge in [0.05, 0.1) is 6.10 Å². The highest BCUT2D eigenvalue weighted by Crippen LogP contribution is 2.31. The minimum Gasteiger partial charge on any atom is -0.388 e. The fraction of sp³-hybridized carbons (Fsp3) is 0.650. The molecule has 1 heterocycles. The van der Waals surface area contributed by atoms with Crippen molar-refractivity contribution in [1.82, 2.24) is 4.90 Å². The van der Waals surface area contributed by atoms with Crippen molar-refractivity contribution in [2.75, 3.05) is 13.1 Å². The molecule has 2 rings (SSSR count). The monoisotopic (exact) mass is 335 g/mol. The van der Waals surface area contributed by atoms with Gasteiger partial charge in [-0.15, -0.1) is 0 Å². The molecule has 3 nitrogen and oxygen atoms in total. The van der Waals surface area contributed by atoms with Crippen molar-refractivity contribution in [3.8, 4) is 0 Å². The predicted octanol–water partition coefficient (Wildman–Crippen LogP) is 4.31. The summed E-state index contributed by atoms with van der Waals surface area (Å²) < 4.78 is 13.0. The fourth-order valence-electron chi connectivity index (χ4n) is 3.32. The van der Waals surface area contributed by atoms with Crippen LogP contribution in [-0.4, -0.2) is 29.0 Å². The molecule has 0 saturated carbocycles. The van der Waals surface area contributed by atoms with Crippen molar-refractivity contribution in [2.24, 2.45) is 11.3 Å². The zero-order valence-corrected chi connectivity index (χ0v) is 15.1. The standard InChI is InChI=1S/C20H30FNO2/c1-20(2,3)12-4-5-18(23)22-13-10-16(11-14-22)19(24)15-6-8-17(21)9-7-15/h6-9,16,19,24H,4-5,10-14H2,1-3H3. The number of likely N-dealkylation sites (tertiary alicyclic amines) is 1. The van der Waals surface area contributed by atoms with Gasteiger partial charge < -0.3 is 10.0 Å². The van der Waals surface area contributed by atoms with E-state index < -0.39 is 6.10 Å². The summed E-state index contributed by atoms with van der Waals surface area (Å²) in [6.07, 6.45) is 3.61. The molecule has 4 heteroatoms. The lowest BCUT2D eigenvalue weighted by atomic mass is 9.87. The Balaban J connectivity index is 1.78. The molecule has 1 aliphatic heterocycles. The maximum absolute atomic E-state index is 13.0. The van der Waals surface area contributed by atoms with E-state index >= 15 is 0 Å². The summed E-state index contributed by atoms with van der Waals surface area (Å²) in [4.78, 5) is 14.2. The Hall–Kier alpha value is -1.42. The SMILES string of the molecule is CC(C)(C)CCCC(=O)N1CCC(C(O)c2ccc(F)cc2)CC1. The van der Waals surface area contributed by atoms with Crippen molar-refractivity contribution >= 4 is 5.91 Å². The summed E-state index contributed by atoms with van der Waals surface area (Å²) in [5.74, 6) is 0.0738. The summed E-state index contributed by atoms with van der Waals surface area (Å²) in [5.41, 5.74) is 1.03. The summed E-state index contributed by atoms with van der Waals surface area (Å²) in [6, 6.07) is 6.05. The van der Waals surface area contributed by atoms with Crippen LogP contribution in [-0.2, 0) is 4.79 Å². The van der Waals surface area contributed by atoms with Crippen LogP contribution in [0.5, 0.6) is 0 Å². The molecule has 0 radical (unpaired) electrons. The van der Waals surface area contributed by atoms with Crippen LogP contribution < -0.4 is 0 Å². The van der Waals surface area contributed by atoms with Crippen LogP contribution in [0.2, 0.25) is 0 Å². The van der Waals surface area contributed by atoms with Crippen LogP contribution in [0.4, 0.5) is 4.39 Å². The maximum atomic E-state index is 13.0. The molecule has 134 valence electrons. The molecule has 1 fully saturated rings. The number of carbonyl (C=O) groups is 1. The Kier molecular flexibility index (Phi) is 6.39. The second kappa shape index (κ2) is 8.11. The lowest BCUT2D eigenvalue weighted by Crippen LogP contribution is -2.39. The van der Waals surface area contributed by atoms with Crippen molar-refractivity contribution < 1.29 is 14.3 Å². The molecule has 0 aliphatic carbocycles. The fourth-order valence-corrected chi connectivity index (χ4v) is 3.32. The Morgan fingerprint density at radius 2 is 1.83 bits per heavy atom. The number of rotatable bonds is 5. The summed E-state index contributed by atoms with van der Waals surface area (Å²) in [7, 11) is 0. The van der Waals surface area contributed by atoms with Gasteiger partial charge in [-0.1, -0.05) is 32.9 Å². The normalized spacial score (nSPS) is 17.8. The zero-order valence-electron chi connectivity index (χ0n) is 15.1. The van der Waals surface area contributed by atoms with Crippen molar-refractivity contribution in [3.63, 3.8) is 0 Å². The van der Waals surface area contributed by atoms with Crippen molar-refractivity contribution in [1.29, 1.82) is 0 Å². The molecule has 1 saturated heterocycles. The molecule has 1 aromatic carbocycles. The summed E-state index contributed by atoms with van der Waals surface area (Å²) >= 11 is 0. The molecule has 0 aromatic heterocycles. The van der Waals surface area contributed by atoms with Gasteiger partial charge in [0.15, 0.2) is 0 Å². The first-order valence-corrected chi connectivity index (χ1v) is 8.97. The Bertz CT molecular complexity index is 528. The van der Waals surface area contributed by atoms with E-state index in [9.17, 15) is 14.3 Å². The van der Waals surface area contributed by atoms with Crippen molar-refractivity contribution in [3.05, 3.63) is 35.6 Å². The third kappa shape index (κ3) is 5.59. The van der Waals surface area contributed by atoms with E-state index in [1.54, 1.807) is 12.1 Å². The van der Waals surface area contributed by atoms with Crippen LogP contribution in [0.3, 0.4) is 0 Å². The number of halogens is 1. The number of aliphatic hydroxyl groups is 1. The van der Waals surface area contributed by atoms with Crippen LogP contribution in [0, 0.1) is 17.2 Å². The number of hydrogen-bond acceptors (Lipinski definition) is 2. The van der Waals surface area contributed by atoms with Gasteiger partial charge in [-0.05, 0) is 54.7 Å². The number of benzene rings is 1. The van der Waals surface area contributed by atoms with Crippen molar-refractivity contribution in [2.45, 2.75) is 59.0 Å². The van der Waals surface area contributed by atoms with E-state index in [1.165, 1.54) is 12.1 Å². The topological polar surface area (TPSA) is 40.5 Å². The average Bonchev–Trinajstić information content (AvgIpc) is 2.54. The first-order chi connectivity index (χ1) is 11.3. The highest BCUT2D eigenvalue weighted by atomic mass is 19.1. The van der Waals surface area contributed by atoms with Gasteiger partial charge >= 0.3 is 0 Å². The Labute approximate surface area is 144 Å². The predicted molar refractivity (Wildman–Crippen MR) is 94.0 cm³/mol. The van der Waals surface area contributed by atoms with E-state index in [0.717, 1.165) is 31.2 Å². The van der Waals surface area contributed by atoms with Crippen LogP contribution >= 0.6 is 0 Å². The average molecular weight is 335 g/mol. The number of nitrogens with zero attached hydrogens (tertiary/aromatic N) is 1. The van der Waals surface area contributed by atoms with E-state index in [4.69, 9.17) is 0 Å².